The highest BCUT2D eigenvalue weighted by Crippen LogP contribution is 2.34. The number of hydrogen-bond acceptors (Lipinski definition) is 2. The van der Waals surface area contributed by atoms with Crippen LogP contribution < -0.4 is 5.56 Å². The van der Waals surface area contributed by atoms with Gasteiger partial charge in [0.05, 0.1) is 15.9 Å². The number of aryl methyl sites for hydroxylation is 1. The van der Waals surface area contributed by atoms with Gasteiger partial charge in [-0.15, -0.1) is 0 Å². The third-order valence-corrected chi connectivity index (χ3v) is 5.48. The van der Waals surface area contributed by atoms with Gasteiger partial charge in [0.25, 0.3) is 5.56 Å². The fourth-order valence-electron chi connectivity index (χ4n) is 3.84. The van der Waals surface area contributed by atoms with E-state index in [0.29, 0.717) is 21.7 Å². The second-order valence-corrected chi connectivity index (χ2v) is 7.45. The average molecular weight is 371 g/mol. The van der Waals surface area contributed by atoms with Gasteiger partial charge >= 0.3 is 0 Å². The van der Waals surface area contributed by atoms with Crippen LogP contribution in [0.1, 0.15) is 43.7 Å². The molecule has 0 N–H and O–H groups in total. The smallest absolute Gasteiger partial charge is 0.262 e. The first kappa shape index (κ1) is 17.2. The lowest BCUT2D eigenvalue weighted by Crippen LogP contribution is -2.29. The molecule has 134 valence electrons. The molecule has 26 heavy (non-hydrogen) atoms. The van der Waals surface area contributed by atoms with Crippen molar-refractivity contribution < 1.29 is 4.39 Å². The Morgan fingerprint density at radius 2 is 1.88 bits per heavy atom. The van der Waals surface area contributed by atoms with E-state index in [0.717, 1.165) is 36.8 Å². The van der Waals surface area contributed by atoms with E-state index in [-0.39, 0.29) is 11.6 Å². The number of benzene rings is 2. The maximum absolute atomic E-state index is 13.7. The van der Waals surface area contributed by atoms with Gasteiger partial charge < -0.3 is 0 Å². The van der Waals surface area contributed by atoms with Crippen molar-refractivity contribution in [1.29, 1.82) is 0 Å². The van der Waals surface area contributed by atoms with Crippen LogP contribution >= 0.6 is 11.6 Å². The predicted octanol–water partition coefficient (Wildman–Crippen LogP) is 5.67. The Bertz CT molecular complexity index is 1040. The van der Waals surface area contributed by atoms with Crippen molar-refractivity contribution in [3.8, 4) is 11.4 Å². The van der Waals surface area contributed by atoms with E-state index in [2.05, 4.69) is 0 Å². The fraction of sp³-hybridized carbons (Fsp3) is 0.333. The van der Waals surface area contributed by atoms with Crippen LogP contribution in [0.3, 0.4) is 0 Å². The maximum atomic E-state index is 13.7. The van der Waals surface area contributed by atoms with Crippen molar-refractivity contribution in [2.45, 2.75) is 45.1 Å². The van der Waals surface area contributed by atoms with Crippen LogP contribution in [0.2, 0.25) is 5.02 Å². The Labute approximate surface area is 156 Å². The Morgan fingerprint density at radius 3 is 2.62 bits per heavy atom. The maximum Gasteiger partial charge on any atom is 0.262 e. The molecule has 2 aromatic carbocycles. The van der Waals surface area contributed by atoms with Crippen molar-refractivity contribution in [1.82, 2.24) is 9.55 Å². The third kappa shape index (κ3) is 3.03. The standard InChI is InChI=1S/C21H20ClFN2O/c1-13-7-9-16(18(22)11-13)20-24-19-10-8-14(23)12-17(19)21(26)25(20)15-5-3-2-4-6-15/h7-12,15H,2-6H2,1H3. The van der Waals surface area contributed by atoms with Gasteiger partial charge in [-0.05, 0) is 55.7 Å². The van der Waals surface area contributed by atoms with Gasteiger partial charge in [0, 0.05) is 11.6 Å². The van der Waals surface area contributed by atoms with Crippen LogP contribution in [0.5, 0.6) is 0 Å². The summed E-state index contributed by atoms with van der Waals surface area (Å²) in [7, 11) is 0. The zero-order chi connectivity index (χ0) is 18.3. The monoisotopic (exact) mass is 370 g/mol. The molecule has 1 saturated carbocycles. The molecule has 0 unspecified atom stereocenters. The van der Waals surface area contributed by atoms with E-state index in [9.17, 15) is 9.18 Å². The summed E-state index contributed by atoms with van der Waals surface area (Å²) in [6.45, 7) is 1.97. The van der Waals surface area contributed by atoms with Crippen molar-refractivity contribution in [3.63, 3.8) is 0 Å². The summed E-state index contributed by atoms with van der Waals surface area (Å²) in [6, 6.07) is 10.0. The summed E-state index contributed by atoms with van der Waals surface area (Å²) >= 11 is 6.49. The molecule has 1 fully saturated rings. The number of nitrogens with zero attached hydrogens (tertiary/aromatic N) is 2. The second kappa shape index (κ2) is 6.84. The van der Waals surface area contributed by atoms with E-state index in [4.69, 9.17) is 16.6 Å². The number of hydrogen-bond donors (Lipinski definition) is 0. The zero-order valence-electron chi connectivity index (χ0n) is 14.6. The Morgan fingerprint density at radius 1 is 1.12 bits per heavy atom. The number of aromatic nitrogens is 2. The van der Waals surface area contributed by atoms with Gasteiger partial charge in [-0.3, -0.25) is 9.36 Å². The highest BCUT2D eigenvalue weighted by molar-refractivity contribution is 6.33. The minimum atomic E-state index is -0.423. The van der Waals surface area contributed by atoms with Gasteiger partial charge in [-0.1, -0.05) is 36.9 Å². The van der Waals surface area contributed by atoms with Crippen LogP contribution in [0.4, 0.5) is 4.39 Å². The summed E-state index contributed by atoms with van der Waals surface area (Å²) in [5.41, 5.74) is 2.10. The topological polar surface area (TPSA) is 34.9 Å². The molecule has 0 radical (unpaired) electrons. The van der Waals surface area contributed by atoms with Crippen LogP contribution in [0.25, 0.3) is 22.3 Å². The number of halogens is 2. The highest BCUT2D eigenvalue weighted by atomic mass is 35.5. The quantitative estimate of drug-likeness (QED) is 0.582. The summed E-state index contributed by atoms with van der Waals surface area (Å²) in [4.78, 5) is 18.0. The molecule has 1 aromatic heterocycles. The molecule has 1 aliphatic rings. The van der Waals surface area contributed by atoms with Crippen molar-refractivity contribution in [2.24, 2.45) is 0 Å². The van der Waals surface area contributed by atoms with E-state index < -0.39 is 5.82 Å². The van der Waals surface area contributed by atoms with E-state index in [1.807, 2.05) is 25.1 Å². The molecule has 0 bridgehead atoms. The Kier molecular flexibility index (Phi) is 4.53. The SMILES string of the molecule is Cc1ccc(-c2nc3ccc(F)cc3c(=O)n2C2CCCCC2)c(Cl)c1. The first-order valence-electron chi connectivity index (χ1n) is 9.03. The number of rotatable bonds is 2. The van der Waals surface area contributed by atoms with Gasteiger partial charge in [0.1, 0.15) is 11.6 Å². The van der Waals surface area contributed by atoms with Crippen LogP contribution in [0, 0.1) is 12.7 Å². The summed E-state index contributed by atoms with van der Waals surface area (Å²) in [6.07, 6.45) is 5.21. The van der Waals surface area contributed by atoms with Crippen LogP contribution in [-0.2, 0) is 0 Å². The minimum absolute atomic E-state index is 0.0730. The molecule has 0 atom stereocenters. The first-order valence-corrected chi connectivity index (χ1v) is 9.41. The molecule has 1 aliphatic carbocycles. The Hall–Kier alpha value is -2.20. The molecule has 3 nitrogen and oxygen atoms in total. The number of fused-ring (bicyclic) bond motifs is 1. The first-order chi connectivity index (χ1) is 12.5. The van der Waals surface area contributed by atoms with Crippen molar-refractivity contribution >= 4 is 22.5 Å². The molecular formula is C21H20ClFN2O. The van der Waals surface area contributed by atoms with Crippen molar-refractivity contribution in [3.05, 3.63) is 63.2 Å². The third-order valence-electron chi connectivity index (χ3n) is 5.17. The average Bonchev–Trinajstić information content (AvgIpc) is 2.63. The van der Waals surface area contributed by atoms with Gasteiger partial charge in [0.15, 0.2) is 0 Å². The van der Waals surface area contributed by atoms with E-state index >= 15 is 0 Å². The second-order valence-electron chi connectivity index (χ2n) is 7.05. The summed E-state index contributed by atoms with van der Waals surface area (Å²) in [5.74, 6) is 0.152. The molecule has 0 amide bonds. The van der Waals surface area contributed by atoms with Crippen LogP contribution in [-0.4, -0.2) is 9.55 Å². The van der Waals surface area contributed by atoms with Gasteiger partial charge in [-0.2, -0.15) is 0 Å². The lowest BCUT2D eigenvalue weighted by Gasteiger charge is -2.27. The van der Waals surface area contributed by atoms with E-state index in [1.54, 1.807) is 10.6 Å². The molecule has 0 aliphatic heterocycles. The normalized spacial score (nSPS) is 15.5. The molecule has 4 rings (SSSR count). The van der Waals surface area contributed by atoms with E-state index in [1.165, 1.54) is 18.6 Å². The zero-order valence-corrected chi connectivity index (χ0v) is 15.4. The molecule has 1 heterocycles. The molecule has 3 aromatic rings. The lowest BCUT2D eigenvalue weighted by molar-refractivity contribution is 0.348. The lowest BCUT2D eigenvalue weighted by atomic mass is 9.94. The molecule has 0 spiro atoms. The largest absolute Gasteiger partial charge is 0.289 e. The summed E-state index contributed by atoms with van der Waals surface area (Å²) < 4.78 is 15.5. The van der Waals surface area contributed by atoms with Crippen molar-refractivity contribution in [2.75, 3.05) is 0 Å². The minimum Gasteiger partial charge on any atom is -0.289 e. The summed E-state index contributed by atoms with van der Waals surface area (Å²) in [5, 5.41) is 0.894. The van der Waals surface area contributed by atoms with Crippen LogP contribution in [0.15, 0.2) is 41.2 Å². The van der Waals surface area contributed by atoms with Gasteiger partial charge in [-0.25, -0.2) is 9.37 Å². The van der Waals surface area contributed by atoms with Gasteiger partial charge in [0.2, 0.25) is 0 Å². The fourth-order valence-corrected chi connectivity index (χ4v) is 4.16. The molecule has 5 heteroatoms. The molecule has 0 saturated heterocycles. The molecular weight excluding hydrogens is 351 g/mol. The predicted molar refractivity (Wildman–Crippen MR) is 103 cm³/mol. The Balaban J connectivity index is 2.03. The highest BCUT2D eigenvalue weighted by Gasteiger charge is 2.23.